The fourth-order valence-corrected chi connectivity index (χ4v) is 2.39. The minimum atomic E-state index is 1.04. The van der Waals surface area contributed by atoms with Gasteiger partial charge in [-0.05, 0) is 13.0 Å². The second-order valence-corrected chi connectivity index (χ2v) is 4.24. The summed E-state index contributed by atoms with van der Waals surface area (Å²) in [5.41, 5.74) is 4.19. The van der Waals surface area contributed by atoms with Gasteiger partial charge in [-0.1, -0.05) is 0 Å². The molecule has 2 heteroatoms. The standard InChI is InChI=1S/C14H16N2/c1-2-15-9-7-13-12(11-15)6-10-16-8-4-3-5-14(13)16/h3-5,7-9,11H,2,6,10H2,1H3/q+2. The summed E-state index contributed by atoms with van der Waals surface area (Å²) in [5, 5.41) is 0. The number of hydrogen-bond donors (Lipinski definition) is 0. The lowest BCUT2D eigenvalue weighted by Gasteiger charge is -2.12. The summed E-state index contributed by atoms with van der Waals surface area (Å²) in [6.45, 7) is 4.32. The molecule has 2 aromatic rings. The summed E-state index contributed by atoms with van der Waals surface area (Å²) >= 11 is 0. The lowest BCUT2D eigenvalue weighted by molar-refractivity contribution is -0.698. The molecule has 0 radical (unpaired) electrons. The largest absolute Gasteiger partial charge is 0.213 e. The predicted molar refractivity (Wildman–Crippen MR) is 61.6 cm³/mol. The van der Waals surface area contributed by atoms with E-state index in [9.17, 15) is 0 Å². The fourth-order valence-electron chi connectivity index (χ4n) is 2.39. The van der Waals surface area contributed by atoms with Gasteiger partial charge in [0.1, 0.15) is 6.54 Å². The number of aryl methyl sites for hydroxylation is 3. The van der Waals surface area contributed by atoms with Crippen molar-refractivity contribution in [1.29, 1.82) is 0 Å². The van der Waals surface area contributed by atoms with Gasteiger partial charge in [-0.3, -0.25) is 0 Å². The third kappa shape index (κ3) is 1.42. The van der Waals surface area contributed by atoms with Gasteiger partial charge in [0.05, 0.1) is 5.56 Å². The number of rotatable bonds is 1. The molecule has 2 nitrogen and oxygen atoms in total. The van der Waals surface area contributed by atoms with Gasteiger partial charge in [-0.2, -0.15) is 4.57 Å². The number of hydrogen-bond acceptors (Lipinski definition) is 0. The quantitative estimate of drug-likeness (QED) is 0.633. The van der Waals surface area contributed by atoms with E-state index in [0.29, 0.717) is 0 Å². The molecule has 3 rings (SSSR count). The average molecular weight is 212 g/mol. The van der Waals surface area contributed by atoms with E-state index in [2.05, 4.69) is 58.9 Å². The summed E-state index contributed by atoms with van der Waals surface area (Å²) in [4.78, 5) is 0. The molecule has 1 aliphatic rings. The molecule has 0 fully saturated rings. The SMILES string of the molecule is CC[n+]1ccc2c(c1)CC[n+]1ccccc1-2. The summed E-state index contributed by atoms with van der Waals surface area (Å²) in [6.07, 6.45) is 7.75. The summed E-state index contributed by atoms with van der Waals surface area (Å²) in [6, 6.07) is 8.66. The highest BCUT2D eigenvalue weighted by molar-refractivity contribution is 5.60. The molecule has 0 saturated carbocycles. The monoisotopic (exact) mass is 212 g/mol. The van der Waals surface area contributed by atoms with Gasteiger partial charge in [0.25, 0.3) is 0 Å². The molecular formula is C14H16N2+2. The van der Waals surface area contributed by atoms with Crippen LogP contribution in [0.2, 0.25) is 0 Å². The minimum absolute atomic E-state index is 1.04. The van der Waals surface area contributed by atoms with E-state index in [-0.39, 0.29) is 0 Å². The van der Waals surface area contributed by atoms with Crippen LogP contribution in [0.5, 0.6) is 0 Å². The first-order valence-electron chi connectivity index (χ1n) is 5.89. The first-order valence-corrected chi connectivity index (χ1v) is 5.89. The van der Waals surface area contributed by atoms with Crippen molar-refractivity contribution >= 4 is 0 Å². The molecule has 0 saturated heterocycles. The van der Waals surface area contributed by atoms with Gasteiger partial charge in [-0.15, -0.1) is 0 Å². The summed E-state index contributed by atoms with van der Waals surface area (Å²) < 4.78 is 4.58. The van der Waals surface area contributed by atoms with E-state index >= 15 is 0 Å². The Labute approximate surface area is 95.8 Å². The van der Waals surface area contributed by atoms with Crippen LogP contribution < -0.4 is 9.13 Å². The zero-order valence-electron chi connectivity index (χ0n) is 9.56. The van der Waals surface area contributed by atoms with Crippen LogP contribution in [0, 0.1) is 0 Å². The second-order valence-electron chi connectivity index (χ2n) is 4.24. The van der Waals surface area contributed by atoms with Gasteiger partial charge >= 0.3 is 0 Å². The topological polar surface area (TPSA) is 7.76 Å². The van der Waals surface area contributed by atoms with Crippen LogP contribution in [-0.4, -0.2) is 0 Å². The van der Waals surface area contributed by atoms with Crippen molar-refractivity contribution in [2.75, 3.05) is 0 Å². The molecule has 1 aliphatic heterocycles. The van der Waals surface area contributed by atoms with Crippen molar-refractivity contribution in [2.24, 2.45) is 0 Å². The molecule has 0 spiro atoms. The van der Waals surface area contributed by atoms with Crippen molar-refractivity contribution in [2.45, 2.75) is 26.4 Å². The van der Waals surface area contributed by atoms with Crippen LogP contribution in [0.15, 0.2) is 42.9 Å². The van der Waals surface area contributed by atoms with Crippen molar-refractivity contribution < 1.29 is 9.13 Å². The molecular weight excluding hydrogens is 196 g/mol. The third-order valence-corrected chi connectivity index (χ3v) is 3.30. The maximum Gasteiger partial charge on any atom is 0.213 e. The predicted octanol–water partition coefficient (Wildman–Crippen LogP) is 1.50. The Morgan fingerprint density at radius 1 is 1.19 bits per heavy atom. The fraction of sp³-hybridized carbons (Fsp3) is 0.286. The van der Waals surface area contributed by atoms with Crippen molar-refractivity contribution in [3.63, 3.8) is 0 Å². The first kappa shape index (κ1) is 9.52. The maximum absolute atomic E-state index is 2.33. The number of pyridine rings is 2. The number of nitrogens with zero attached hydrogens (tertiary/aromatic N) is 2. The Balaban J connectivity index is 2.18. The molecule has 2 aromatic heterocycles. The van der Waals surface area contributed by atoms with Crippen molar-refractivity contribution in [3.05, 3.63) is 48.4 Å². The van der Waals surface area contributed by atoms with E-state index in [1.165, 1.54) is 16.8 Å². The second kappa shape index (κ2) is 3.71. The van der Waals surface area contributed by atoms with E-state index in [0.717, 1.165) is 19.5 Å². The van der Waals surface area contributed by atoms with Gasteiger partial charge < -0.3 is 0 Å². The van der Waals surface area contributed by atoms with E-state index in [1.54, 1.807) is 0 Å². The van der Waals surface area contributed by atoms with Crippen LogP contribution >= 0.6 is 0 Å². The number of aromatic nitrogens is 2. The first-order chi connectivity index (χ1) is 7.88. The van der Waals surface area contributed by atoms with Crippen molar-refractivity contribution in [3.8, 4) is 11.3 Å². The van der Waals surface area contributed by atoms with E-state index < -0.39 is 0 Å². The van der Waals surface area contributed by atoms with Crippen molar-refractivity contribution in [1.82, 2.24) is 0 Å². The Morgan fingerprint density at radius 3 is 3.00 bits per heavy atom. The van der Waals surface area contributed by atoms with Crippen LogP contribution in [0.3, 0.4) is 0 Å². The Morgan fingerprint density at radius 2 is 2.12 bits per heavy atom. The highest BCUT2D eigenvalue weighted by Crippen LogP contribution is 2.22. The molecule has 0 amide bonds. The molecule has 0 atom stereocenters. The van der Waals surface area contributed by atoms with Gasteiger partial charge in [0, 0.05) is 30.2 Å². The highest BCUT2D eigenvalue weighted by atomic mass is 15.0. The molecule has 3 heterocycles. The zero-order chi connectivity index (χ0) is 11.0. The number of fused-ring (bicyclic) bond motifs is 3. The molecule has 0 aromatic carbocycles. The lowest BCUT2D eigenvalue weighted by Crippen LogP contribution is -2.41. The maximum atomic E-state index is 2.33. The summed E-state index contributed by atoms with van der Waals surface area (Å²) in [5.74, 6) is 0. The molecule has 0 N–H and O–H groups in total. The smallest absolute Gasteiger partial charge is 0.205 e. The molecule has 0 aliphatic carbocycles. The third-order valence-electron chi connectivity index (χ3n) is 3.30. The summed E-state index contributed by atoms with van der Waals surface area (Å²) in [7, 11) is 0. The van der Waals surface area contributed by atoms with Crippen LogP contribution in [-0.2, 0) is 19.5 Å². The Hall–Kier alpha value is -1.70. The minimum Gasteiger partial charge on any atom is -0.205 e. The normalized spacial score (nSPS) is 13.1. The van der Waals surface area contributed by atoms with Crippen LogP contribution in [0.1, 0.15) is 12.5 Å². The van der Waals surface area contributed by atoms with Crippen LogP contribution in [0.4, 0.5) is 0 Å². The average Bonchev–Trinajstić information content (AvgIpc) is 2.38. The molecule has 0 unspecified atom stereocenters. The van der Waals surface area contributed by atoms with E-state index in [4.69, 9.17) is 0 Å². The van der Waals surface area contributed by atoms with E-state index in [1.807, 2.05) is 0 Å². The van der Waals surface area contributed by atoms with Gasteiger partial charge in [-0.25, -0.2) is 4.57 Å². The Bertz CT molecular complexity index is 532. The Kier molecular flexibility index (Phi) is 2.21. The van der Waals surface area contributed by atoms with Crippen LogP contribution in [0.25, 0.3) is 11.3 Å². The zero-order valence-corrected chi connectivity index (χ0v) is 9.56. The lowest BCUT2D eigenvalue weighted by atomic mass is 10.00. The highest BCUT2D eigenvalue weighted by Gasteiger charge is 2.23. The molecule has 80 valence electrons. The molecule has 16 heavy (non-hydrogen) atoms. The molecule has 0 bridgehead atoms. The van der Waals surface area contributed by atoms with Gasteiger partial charge in [0.15, 0.2) is 25.1 Å². The van der Waals surface area contributed by atoms with Gasteiger partial charge in [0.2, 0.25) is 5.69 Å².